The van der Waals surface area contributed by atoms with Crippen LogP contribution >= 0.6 is 23.4 Å². The quantitative estimate of drug-likeness (QED) is 0.622. The Kier molecular flexibility index (Phi) is 3.42. The summed E-state index contributed by atoms with van der Waals surface area (Å²) in [5.74, 6) is 0.638. The molecule has 20 heavy (non-hydrogen) atoms. The Bertz CT molecular complexity index is 579. The Labute approximate surface area is 126 Å². The van der Waals surface area contributed by atoms with Crippen molar-refractivity contribution in [2.45, 2.75) is 30.7 Å². The number of hydrogen-bond donors (Lipinski definition) is 0. The second kappa shape index (κ2) is 4.97. The van der Waals surface area contributed by atoms with Crippen LogP contribution < -0.4 is 4.74 Å². The molecule has 1 aromatic rings. The van der Waals surface area contributed by atoms with E-state index in [4.69, 9.17) is 16.3 Å². The van der Waals surface area contributed by atoms with Crippen molar-refractivity contribution in [3.63, 3.8) is 0 Å². The summed E-state index contributed by atoms with van der Waals surface area (Å²) in [6, 6.07) is 6.20. The van der Waals surface area contributed by atoms with Gasteiger partial charge in [-0.25, -0.2) is 4.79 Å². The zero-order valence-electron chi connectivity index (χ0n) is 11.0. The third-order valence-electron chi connectivity index (χ3n) is 3.73. The number of nitrogens with zero attached hydrogens (tertiary/aromatic N) is 1. The standard InChI is InChI=1S/C14H14ClNO3S/c1-14-6-5-12(17)16(14)11(8-20-14)13(18)19-10-4-2-3-9(15)7-10/h2-4,7,11H,5-6,8H2,1H3. The number of halogens is 1. The molecule has 0 bridgehead atoms. The molecule has 2 fully saturated rings. The molecule has 1 aromatic carbocycles. The first kappa shape index (κ1) is 13.8. The summed E-state index contributed by atoms with van der Waals surface area (Å²) < 4.78 is 5.35. The van der Waals surface area contributed by atoms with Crippen molar-refractivity contribution in [2.24, 2.45) is 0 Å². The number of rotatable bonds is 2. The van der Waals surface area contributed by atoms with E-state index in [0.717, 1.165) is 6.42 Å². The Morgan fingerprint density at radius 3 is 3.10 bits per heavy atom. The number of carbonyl (C=O) groups excluding carboxylic acids is 2. The number of benzene rings is 1. The molecule has 0 aromatic heterocycles. The van der Waals surface area contributed by atoms with Crippen LogP contribution in [0.1, 0.15) is 19.8 Å². The first-order valence-corrected chi connectivity index (χ1v) is 7.79. The minimum Gasteiger partial charge on any atom is -0.425 e. The van der Waals surface area contributed by atoms with E-state index < -0.39 is 12.0 Å². The van der Waals surface area contributed by atoms with Gasteiger partial charge >= 0.3 is 5.97 Å². The van der Waals surface area contributed by atoms with Crippen LogP contribution in [0.3, 0.4) is 0 Å². The Morgan fingerprint density at radius 2 is 2.35 bits per heavy atom. The molecular weight excluding hydrogens is 298 g/mol. The normalized spacial score (nSPS) is 28.6. The van der Waals surface area contributed by atoms with Gasteiger partial charge in [0.25, 0.3) is 0 Å². The zero-order valence-corrected chi connectivity index (χ0v) is 12.5. The van der Waals surface area contributed by atoms with E-state index in [1.54, 1.807) is 40.9 Å². The smallest absolute Gasteiger partial charge is 0.335 e. The molecule has 2 unspecified atom stereocenters. The van der Waals surface area contributed by atoms with Crippen LogP contribution in [0, 0.1) is 0 Å². The van der Waals surface area contributed by atoms with Gasteiger partial charge in [-0.3, -0.25) is 4.79 Å². The lowest BCUT2D eigenvalue weighted by molar-refractivity contribution is -0.146. The lowest BCUT2D eigenvalue weighted by atomic mass is 10.2. The molecule has 3 rings (SSSR count). The van der Waals surface area contributed by atoms with E-state index in [1.807, 2.05) is 6.92 Å². The van der Waals surface area contributed by atoms with E-state index in [0.29, 0.717) is 22.9 Å². The number of esters is 1. The molecule has 2 saturated heterocycles. The van der Waals surface area contributed by atoms with Crippen molar-refractivity contribution >= 4 is 35.2 Å². The Morgan fingerprint density at radius 1 is 1.55 bits per heavy atom. The summed E-state index contributed by atoms with van der Waals surface area (Å²) in [5, 5.41) is 0.512. The second-order valence-corrected chi connectivity index (χ2v) is 7.08. The largest absolute Gasteiger partial charge is 0.425 e. The summed E-state index contributed by atoms with van der Waals surface area (Å²) in [4.78, 5) is 25.7. The number of hydrogen-bond acceptors (Lipinski definition) is 4. The average Bonchev–Trinajstić information content (AvgIpc) is 2.87. The second-order valence-electron chi connectivity index (χ2n) is 5.14. The molecule has 4 nitrogen and oxygen atoms in total. The molecule has 0 radical (unpaired) electrons. The monoisotopic (exact) mass is 311 g/mol. The molecule has 0 spiro atoms. The van der Waals surface area contributed by atoms with Gasteiger partial charge in [-0.2, -0.15) is 0 Å². The Hall–Kier alpha value is -1.20. The predicted molar refractivity (Wildman–Crippen MR) is 77.8 cm³/mol. The highest BCUT2D eigenvalue weighted by atomic mass is 35.5. The lowest BCUT2D eigenvalue weighted by Gasteiger charge is -2.29. The zero-order chi connectivity index (χ0) is 14.3. The van der Waals surface area contributed by atoms with Crippen LogP contribution in [0.25, 0.3) is 0 Å². The van der Waals surface area contributed by atoms with Gasteiger partial charge in [0.05, 0.1) is 4.87 Å². The van der Waals surface area contributed by atoms with Gasteiger partial charge in [0.15, 0.2) is 0 Å². The van der Waals surface area contributed by atoms with Crippen molar-refractivity contribution in [1.29, 1.82) is 0 Å². The third kappa shape index (κ3) is 2.29. The first-order valence-electron chi connectivity index (χ1n) is 6.43. The van der Waals surface area contributed by atoms with Gasteiger partial charge in [-0.1, -0.05) is 17.7 Å². The van der Waals surface area contributed by atoms with Gasteiger partial charge in [-0.05, 0) is 31.5 Å². The summed E-state index contributed by atoms with van der Waals surface area (Å²) >= 11 is 7.51. The summed E-state index contributed by atoms with van der Waals surface area (Å²) in [6.07, 6.45) is 1.29. The number of ether oxygens (including phenoxy) is 1. The fraction of sp³-hybridized carbons (Fsp3) is 0.429. The molecule has 0 N–H and O–H groups in total. The van der Waals surface area contributed by atoms with Crippen LogP contribution in [0.5, 0.6) is 5.75 Å². The van der Waals surface area contributed by atoms with Gasteiger partial charge in [0.2, 0.25) is 5.91 Å². The van der Waals surface area contributed by atoms with Crippen LogP contribution in [0.15, 0.2) is 24.3 Å². The van der Waals surface area contributed by atoms with Gasteiger partial charge in [0, 0.05) is 17.2 Å². The molecule has 2 aliphatic rings. The van der Waals surface area contributed by atoms with Crippen LogP contribution in [-0.2, 0) is 9.59 Å². The van der Waals surface area contributed by atoms with E-state index in [1.165, 1.54) is 0 Å². The maximum atomic E-state index is 12.3. The van der Waals surface area contributed by atoms with E-state index in [2.05, 4.69) is 0 Å². The van der Waals surface area contributed by atoms with E-state index in [-0.39, 0.29) is 10.8 Å². The van der Waals surface area contributed by atoms with Crippen LogP contribution in [-0.4, -0.2) is 33.4 Å². The molecule has 1 amide bonds. The van der Waals surface area contributed by atoms with Crippen LogP contribution in [0.2, 0.25) is 5.02 Å². The van der Waals surface area contributed by atoms with Crippen molar-refractivity contribution in [3.8, 4) is 5.75 Å². The summed E-state index contributed by atoms with van der Waals surface area (Å²) in [6.45, 7) is 2.01. The number of amides is 1. The maximum Gasteiger partial charge on any atom is 0.335 e. The molecular formula is C14H14ClNO3S. The van der Waals surface area contributed by atoms with Crippen molar-refractivity contribution in [1.82, 2.24) is 4.90 Å². The number of thioether (sulfide) groups is 1. The van der Waals surface area contributed by atoms with Crippen LogP contribution in [0.4, 0.5) is 0 Å². The fourth-order valence-electron chi connectivity index (χ4n) is 2.71. The van der Waals surface area contributed by atoms with Gasteiger partial charge in [0.1, 0.15) is 11.8 Å². The number of carbonyl (C=O) groups is 2. The Balaban J connectivity index is 1.76. The highest BCUT2D eigenvalue weighted by molar-refractivity contribution is 8.01. The highest BCUT2D eigenvalue weighted by Crippen LogP contribution is 2.47. The fourth-order valence-corrected chi connectivity index (χ4v) is 4.31. The molecule has 0 saturated carbocycles. The van der Waals surface area contributed by atoms with Crippen molar-refractivity contribution < 1.29 is 14.3 Å². The molecule has 2 aliphatic heterocycles. The average molecular weight is 312 g/mol. The molecule has 2 atom stereocenters. The topological polar surface area (TPSA) is 46.6 Å². The molecule has 0 aliphatic carbocycles. The minimum atomic E-state index is -0.501. The SMILES string of the molecule is CC12CCC(=O)N1C(C(=O)Oc1cccc(Cl)c1)CS2. The summed E-state index contributed by atoms with van der Waals surface area (Å²) in [7, 11) is 0. The number of fused-ring (bicyclic) bond motifs is 1. The van der Waals surface area contributed by atoms with E-state index >= 15 is 0 Å². The predicted octanol–water partition coefficient (Wildman–Crippen LogP) is 2.70. The molecule has 6 heteroatoms. The van der Waals surface area contributed by atoms with Crippen molar-refractivity contribution in [2.75, 3.05) is 5.75 Å². The van der Waals surface area contributed by atoms with E-state index in [9.17, 15) is 9.59 Å². The van der Waals surface area contributed by atoms with Gasteiger partial charge < -0.3 is 9.64 Å². The maximum absolute atomic E-state index is 12.3. The lowest BCUT2D eigenvalue weighted by Crippen LogP contribution is -2.47. The third-order valence-corrected chi connectivity index (χ3v) is 5.47. The minimum absolute atomic E-state index is 0.0329. The first-order chi connectivity index (χ1) is 9.49. The van der Waals surface area contributed by atoms with Crippen molar-refractivity contribution in [3.05, 3.63) is 29.3 Å². The van der Waals surface area contributed by atoms with Gasteiger partial charge in [-0.15, -0.1) is 11.8 Å². The molecule has 2 heterocycles. The highest BCUT2D eigenvalue weighted by Gasteiger charge is 2.53. The summed E-state index contributed by atoms with van der Waals surface area (Å²) in [5.41, 5.74) is 0. The molecule has 106 valence electrons.